The lowest BCUT2D eigenvalue weighted by Gasteiger charge is -2.34. The third-order valence-corrected chi connectivity index (χ3v) is 4.83. The van der Waals surface area contributed by atoms with Crippen molar-refractivity contribution in [1.82, 2.24) is 14.5 Å². The smallest absolute Gasteiger partial charge is 0.343 e. The topological polar surface area (TPSA) is 84.7 Å². The number of ether oxygens (including phenoxy) is 1. The summed E-state index contributed by atoms with van der Waals surface area (Å²) in [7, 11) is 0. The number of aliphatic carboxylic acids is 1. The molecule has 3 aliphatic rings. The van der Waals surface area contributed by atoms with E-state index in [-0.39, 0.29) is 16.2 Å². The van der Waals surface area contributed by atoms with Crippen molar-refractivity contribution >= 4 is 29.7 Å². The van der Waals surface area contributed by atoms with E-state index in [2.05, 4.69) is 4.98 Å². The largest absolute Gasteiger partial charge is 0.477 e. The number of thioether (sulfide) groups is 1. The fourth-order valence-corrected chi connectivity index (χ4v) is 3.63. The zero-order valence-electron chi connectivity index (χ0n) is 10.9. The highest BCUT2D eigenvalue weighted by Crippen LogP contribution is 2.45. The molecule has 1 fully saturated rings. The number of carbonyl (C=O) groups excluding carboxylic acids is 1. The Kier molecular flexibility index (Phi) is 2.69. The van der Waals surface area contributed by atoms with Crippen LogP contribution >= 0.6 is 11.8 Å². The summed E-state index contributed by atoms with van der Waals surface area (Å²) in [6.45, 7) is 1.90. The predicted molar refractivity (Wildman–Crippen MR) is 73.8 cm³/mol. The fourth-order valence-electron chi connectivity index (χ4n) is 2.55. The molecule has 0 bridgehead atoms. The van der Waals surface area contributed by atoms with E-state index in [0.29, 0.717) is 24.5 Å². The van der Waals surface area contributed by atoms with Gasteiger partial charge in [0.1, 0.15) is 22.7 Å². The maximum absolute atomic E-state index is 12.0. The minimum atomic E-state index is -1.00. The summed E-state index contributed by atoms with van der Waals surface area (Å²) >= 11 is 1.17. The Labute approximate surface area is 123 Å². The molecular weight excluding hydrogens is 294 g/mol. The molecule has 1 saturated heterocycles. The predicted octanol–water partition coefficient (Wildman–Crippen LogP) is 0.638. The Hall–Kier alpha value is -2.06. The highest BCUT2D eigenvalue weighted by molar-refractivity contribution is 8.05. The van der Waals surface area contributed by atoms with Gasteiger partial charge in [0.25, 0.3) is 5.91 Å². The zero-order valence-corrected chi connectivity index (χ0v) is 11.7. The van der Waals surface area contributed by atoms with E-state index in [9.17, 15) is 9.59 Å². The molecule has 0 aromatic carbocycles. The molecule has 1 N–H and O–H groups in total. The monoisotopic (exact) mass is 305 g/mol. The van der Waals surface area contributed by atoms with Gasteiger partial charge in [0, 0.05) is 18.9 Å². The molecule has 1 amide bonds. The summed E-state index contributed by atoms with van der Waals surface area (Å²) in [6.07, 6.45) is 5.02. The van der Waals surface area contributed by atoms with Gasteiger partial charge in [-0.15, -0.1) is 0 Å². The van der Waals surface area contributed by atoms with Crippen LogP contribution in [0.5, 0.6) is 0 Å². The van der Waals surface area contributed by atoms with E-state index < -0.39 is 5.97 Å². The Bertz CT molecular complexity index is 697. The summed E-state index contributed by atoms with van der Waals surface area (Å²) in [6, 6.07) is 0. The van der Waals surface area contributed by atoms with Crippen LogP contribution < -0.4 is 0 Å². The number of nitrogens with zero attached hydrogens (tertiary/aromatic N) is 3. The molecule has 8 heteroatoms. The van der Waals surface area contributed by atoms with Crippen LogP contribution in [0.25, 0.3) is 6.08 Å². The van der Waals surface area contributed by atoms with Crippen molar-refractivity contribution in [2.45, 2.75) is 18.5 Å². The number of amides is 1. The first kappa shape index (κ1) is 12.7. The summed E-state index contributed by atoms with van der Waals surface area (Å²) in [5.41, 5.74) is 1.30. The molecule has 0 radical (unpaired) electrons. The van der Waals surface area contributed by atoms with Crippen molar-refractivity contribution < 1.29 is 19.4 Å². The van der Waals surface area contributed by atoms with E-state index >= 15 is 0 Å². The first-order chi connectivity index (χ1) is 10.1. The third-order valence-electron chi connectivity index (χ3n) is 3.59. The second kappa shape index (κ2) is 4.47. The van der Waals surface area contributed by atoms with Crippen LogP contribution in [0.3, 0.4) is 0 Å². The van der Waals surface area contributed by atoms with Crippen LogP contribution in [0.15, 0.2) is 22.9 Å². The molecule has 1 aromatic heterocycles. The molecule has 0 spiro atoms. The lowest BCUT2D eigenvalue weighted by atomic mass is 10.1. The van der Waals surface area contributed by atoms with Crippen LogP contribution in [-0.4, -0.2) is 43.4 Å². The van der Waals surface area contributed by atoms with E-state index in [1.807, 2.05) is 10.8 Å². The number of hydrogen-bond donors (Lipinski definition) is 1. The van der Waals surface area contributed by atoms with E-state index in [1.165, 1.54) is 22.9 Å². The van der Waals surface area contributed by atoms with Crippen molar-refractivity contribution in [1.29, 1.82) is 0 Å². The van der Waals surface area contributed by atoms with Crippen LogP contribution in [0, 0.1) is 0 Å². The van der Waals surface area contributed by atoms with Crippen molar-refractivity contribution in [2.75, 3.05) is 6.61 Å². The Morgan fingerprint density at radius 2 is 2.43 bits per heavy atom. The quantitative estimate of drug-likeness (QED) is 0.637. The van der Waals surface area contributed by atoms with Crippen molar-refractivity contribution in [3.05, 3.63) is 34.4 Å². The second-order valence-electron chi connectivity index (χ2n) is 4.91. The number of fused-ring (bicyclic) bond motifs is 2. The number of aromatic nitrogens is 2. The van der Waals surface area contributed by atoms with Crippen LogP contribution in [0.4, 0.5) is 0 Å². The third kappa shape index (κ3) is 1.90. The van der Waals surface area contributed by atoms with Crippen molar-refractivity contribution in [3.63, 3.8) is 0 Å². The van der Waals surface area contributed by atoms with Gasteiger partial charge in [-0.1, -0.05) is 11.8 Å². The summed E-state index contributed by atoms with van der Waals surface area (Å²) in [4.78, 5) is 29.0. The highest BCUT2D eigenvalue weighted by atomic mass is 32.2. The lowest BCUT2D eigenvalue weighted by Crippen LogP contribution is -2.47. The molecule has 1 aromatic rings. The van der Waals surface area contributed by atoms with E-state index in [4.69, 9.17) is 9.84 Å². The molecule has 0 unspecified atom stereocenters. The second-order valence-corrected chi connectivity index (χ2v) is 6.03. The SMILES string of the molecule is O=C(O)C1=CN2C(=O)C(=Cc3cn4c(n3)COCC4)[C@H]2S1. The van der Waals surface area contributed by atoms with Crippen LogP contribution in [0.2, 0.25) is 0 Å². The zero-order chi connectivity index (χ0) is 14.6. The number of hydrogen-bond acceptors (Lipinski definition) is 5. The van der Waals surface area contributed by atoms with E-state index in [1.54, 1.807) is 6.08 Å². The van der Waals surface area contributed by atoms with Gasteiger partial charge in [0.05, 0.1) is 17.9 Å². The molecule has 4 rings (SSSR count). The average molecular weight is 305 g/mol. The van der Waals surface area contributed by atoms with Gasteiger partial charge in [-0.2, -0.15) is 0 Å². The van der Waals surface area contributed by atoms with Gasteiger partial charge in [0.2, 0.25) is 0 Å². The van der Waals surface area contributed by atoms with Gasteiger partial charge >= 0.3 is 5.97 Å². The normalized spacial score (nSPS) is 25.4. The molecular formula is C13H11N3O4S. The first-order valence-electron chi connectivity index (χ1n) is 6.43. The molecule has 0 saturated carbocycles. The minimum Gasteiger partial charge on any atom is -0.477 e. The molecule has 21 heavy (non-hydrogen) atoms. The van der Waals surface area contributed by atoms with Gasteiger partial charge in [-0.3, -0.25) is 9.69 Å². The number of carboxylic acids is 1. The summed E-state index contributed by atoms with van der Waals surface area (Å²) in [5.74, 6) is -0.317. The fraction of sp³-hybridized carbons (Fsp3) is 0.308. The summed E-state index contributed by atoms with van der Waals surface area (Å²) in [5, 5.41) is 8.74. The number of rotatable bonds is 2. The highest BCUT2D eigenvalue weighted by Gasteiger charge is 2.47. The Morgan fingerprint density at radius 1 is 1.57 bits per heavy atom. The molecule has 7 nitrogen and oxygen atoms in total. The molecule has 4 heterocycles. The number of β-lactam (4-membered cyclic amide) rings is 1. The molecule has 1 atom stereocenters. The molecule has 3 aliphatic heterocycles. The van der Waals surface area contributed by atoms with Crippen molar-refractivity contribution in [3.8, 4) is 0 Å². The maximum atomic E-state index is 12.0. The van der Waals surface area contributed by atoms with Gasteiger partial charge in [-0.25, -0.2) is 9.78 Å². The van der Waals surface area contributed by atoms with Gasteiger partial charge in [0.15, 0.2) is 0 Å². The van der Waals surface area contributed by atoms with Gasteiger partial charge in [-0.05, 0) is 6.08 Å². The number of carbonyl (C=O) groups is 2. The Morgan fingerprint density at radius 3 is 3.19 bits per heavy atom. The first-order valence-corrected chi connectivity index (χ1v) is 7.31. The molecule has 108 valence electrons. The molecule has 0 aliphatic carbocycles. The van der Waals surface area contributed by atoms with Crippen LogP contribution in [-0.2, 0) is 27.5 Å². The van der Waals surface area contributed by atoms with E-state index in [0.717, 1.165) is 12.4 Å². The standard InChI is InChI=1S/C13H11N3O4S/c17-11-8(12-16(11)5-9(21-12)13(18)19)3-7-4-15-1-2-20-6-10(15)14-7/h3-5,12H,1-2,6H2,(H,18,19)/t12-/m1/s1. The summed E-state index contributed by atoms with van der Waals surface area (Å²) < 4.78 is 7.34. The number of imidazole rings is 1. The van der Waals surface area contributed by atoms with Gasteiger partial charge < -0.3 is 14.4 Å². The minimum absolute atomic E-state index is 0.161. The Balaban J connectivity index is 1.59. The number of carboxylic acid groups (broad SMARTS) is 1. The van der Waals surface area contributed by atoms with Crippen molar-refractivity contribution in [2.24, 2.45) is 0 Å². The van der Waals surface area contributed by atoms with Crippen LogP contribution in [0.1, 0.15) is 11.5 Å². The average Bonchev–Trinajstić information content (AvgIpc) is 3.06. The lowest BCUT2D eigenvalue weighted by molar-refractivity contribution is -0.131. The maximum Gasteiger partial charge on any atom is 0.343 e.